The number of imide groups is 1. The lowest BCUT2D eigenvalue weighted by atomic mass is 10.2. The normalized spacial score (nSPS) is 15.4. The number of nitrogens with zero attached hydrogens (tertiary/aromatic N) is 1. The van der Waals surface area contributed by atoms with Gasteiger partial charge in [0.1, 0.15) is 28.9 Å². The lowest BCUT2D eigenvalue weighted by Crippen LogP contribution is -2.30. The maximum Gasteiger partial charge on any atom is 0.329 e. The summed E-state index contributed by atoms with van der Waals surface area (Å²) in [4.78, 5) is 25.7. The molecule has 0 radical (unpaired) electrons. The highest BCUT2D eigenvalue weighted by atomic mass is 19.1. The van der Waals surface area contributed by atoms with E-state index < -0.39 is 17.8 Å². The second-order valence-corrected chi connectivity index (χ2v) is 6.22. The number of halogens is 2. The van der Waals surface area contributed by atoms with E-state index in [1.54, 1.807) is 24.3 Å². The van der Waals surface area contributed by atoms with E-state index in [-0.39, 0.29) is 18.1 Å². The second-order valence-electron chi connectivity index (χ2n) is 6.22. The van der Waals surface area contributed by atoms with Gasteiger partial charge < -0.3 is 9.73 Å². The van der Waals surface area contributed by atoms with Crippen molar-refractivity contribution in [2.45, 2.75) is 6.54 Å². The third kappa shape index (κ3) is 3.55. The Morgan fingerprint density at radius 1 is 0.964 bits per heavy atom. The van der Waals surface area contributed by atoms with Crippen LogP contribution in [-0.2, 0) is 11.3 Å². The Bertz CT molecular complexity index is 1090. The molecule has 2 aromatic carbocycles. The van der Waals surface area contributed by atoms with E-state index in [9.17, 15) is 18.4 Å². The van der Waals surface area contributed by atoms with Crippen molar-refractivity contribution in [2.75, 3.05) is 0 Å². The van der Waals surface area contributed by atoms with Gasteiger partial charge in [0.05, 0.1) is 6.54 Å². The van der Waals surface area contributed by atoms with Crippen molar-refractivity contribution in [3.63, 3.8) is 0 Å². The van der Waals surface area contributed by atoms with Gasteiger partial charge in [-0.3, -0.25) is 9.69 Å². The van der Waals surface area contributed by atoms with Gasteiger partial charge in [-0.2, -0.15) is 0 Å². The number of carbonyl (C=O) groups excluding carboxylic acids is 2. The smallest absolute Gasteiger partial charge is 0.329 e. The third-order valence-electron chi connectivity index (χ3n) is 4.24. The zero-order valence-corrected chi connectivity index (χ0v) is 14.5. The molecule has 3 amide bonds. The molecule has 1 fully saturated rings. The van der Waals surface area contributed by atoms with Gasteiger partial charge in [0, 0.05) is 11.6 Å². The summed E-state index contributed by atoms with van der Waals surface area (Å²) in [6.45, 7) is 0.0228. The number of hydrogen-bond donors (Lipinski definition) is 1. The molecular formula is C21H14F2N2O3. The van der Waals surface area contributed by atoms with Crippen molar-refractivity contribution in [1.29, 1.82) is 0 Å². The minimum absolute atomic E-state index is 0.0228. The molecule has 1 saturated heterocycles. The predicted molar refractivity (Wildman–Crippen MR) is 97.6 cm³/mol. The molecule has 1 N–H and O–H groups in total. The van der Waals surface area contributed by atoms with Crippen molar-refractivity contribution in [3.05, 3.63) is 89.3 Å². The number of furan rings is 1. The molecule has 4 rings (SSSR count). The number of carbonyl (C=O) groups is 2. The quantitative estimate of drug-likeness (QED) is 0.542. The van der Waals surface area contributed by atoms with Crippen LogP contribution in [0.4, 0.5) is 13.6 Å². The first-order chi connectivity index (χ1) is 13.5. The number of urea groups is 1. The monoisotopic (exact) mass is 380 g/mol. The van der Waals surface area contributed by atoms with E-state index in [0.717, 1.165) is 4.90 Å². The predicted octanol–water partition coefficient (Wildman–Crippen LogP) is 4.32. The topological polar surface area (TPSA) is 62.6 Å². The Hall–Kier alpha value is -3.74. The Kier molecular flexibility index (Phi) is 4.49. The van der Waals surface area contributed by atoms with Gasteiger partial charge in [0.25, 0.3) is 5.91 Å². The number of amides is 3. The van der Waals surface area contributed by atoms with Crippen LogP contribution >= 0.6 is 0 Å². The standard InChI is InChI=1S/C21H14F2N2O3/c22-15-6-4-13(5-7-15)12-25-20(26)18(24-21(25)27)11-17-8-9-19(28-17)14-2-1-3-16(23)10-14/h1-11H,12H2,(H,24,27)/b18-11-. The molecule has 7 heteroatoms. The van der Waals surface area contributed by atoms with Gasteiger partial charge in [-0.15, -0.1) is 0 Å². The zero-order chi connectivity index (χ0) is 19.7. The highest BCUT2D eigenvalue weighted by Gasteiger charge is 2.33. The van der Waals surface area contributed by atoms with Gasteiger partial charge in [0.15, 0.2) is 0 Å². The minimum atomic E-state index is -0.572. The molecule has 0 aliphatic carbocycles. The van der Waals surface area contributed by atoms with E-state index in [2.05, 4.69) is 5.32 Å². The maximum absolute atomic E-state index is 13.4. The Morgan fingerprint density at radius 3 is 2.50 bits per heavy atom. The molecule has 1 aliphatic heterocycles. The Balaban J connectivity index is 1.53. The number of hydrogen-bond acceptors (Lipinski definition) is 3. The summed E-state index contributed by atoms with van der Waals surface area (Å²) < 4.78 is 32.0. The van der Waals surface area contributed by atoms with Crippen LogP contribution in [0, 0.1) is 11.6 Å². The molecular weight excluding hydrogens is 366 g/mol. The fourth-order valence-electron chi connectivity index (χ4n) is 2.86. The van der Waals surface area contributed by atoms with Crippen LogP contribution in [0.5, 0.6) is 0 Å². The first kappa shape index (κ1) is 17.7. The fraction of sp³-hybridized carbons (Fsp3) is 0.0476. The summed E-state index contributed by atoms with van der Waals surface area (Å²) in [6, 6.07) is 14.2. The molecule has 5 nitrogen and oxygen atoms in total. The molecule has 1 aliphatic rings. The number of rotatable bonds is 4. The van der Waals surface area contributed by atoms with Crippen molar-refractivity contribution in [3.8, 4) is 11.3 Å². The molecule has 140 valence electrons. The molecule has 0 spiro atoms. The van der Waals surface area contributed by atoms with E-state index in [4.69, 9.17) is 4.42 Å². The van der Waals surface area contributed by atoms with Crippen LogP contribution in [0.25, 0.3) is 17.4 Å². The fourth-order valence-corrected chi connectivity index (χ4v) is 2.86. The van der Waals surface area contributed by atoms with Crippen LogP contribution in [0.15, 0.2) is 70.8 Å². The molecule has 3 aromatic rings. The summed E-state index contributed by atoms with van der Waals surface area (Å²) >= 11 is 0. The molecule has 1 aromatic heterocycles. The van der Waals surface area contributed by atoms with Crippen molar-refractivity contribution < 1.29 is 22.8 Å². The Labute approximate surface area is 158 Å². The van der Waals surface area contributed by atoms with E-state index >= 15 is 0 Å². The SMILES string of the molecule is O=C1N/C(=C\c2ccc(-c3cccc(F)c3)o2)C(=O)N1Cc1ccc(F)cc1. The molecule has 0 atom stereocenters. The third-order valence-corrected chi connectivity index (χ3v) is 4.24. The summed E-state index contributed by atoms with van der Waals surface area (Å²) in [6.07, 6.45) is 1.41. The van der Waals surface area contributed by atoms with Gasteiger partial charge in [-0.25, -0.2) is 13.6 Å². The number of benzene rings is 2. The average molecular weight is 380 g/mol. The highest BCUT2D eigenvalue weighted by molar-refractivity contribution is 6.13. The molecule has 2 heterocycles. The maximum atomic E-state index is 13.4. The lowest BCUT2D eigenvalue weighted by Gasteiger charge is -2.11. The first-order valence-electron chi connectivity index (χ1n) is 8.44. The van der Waals surface area contributed by atoms with E-state index in [0.29, 0.717) is 22.6 Å². The summed E-state index contributed by atoms with van der Waals surface area (Å²) in [5, 5.41) is 2.50. The van der Waals surface area contributed by atoms with Crippen molar-refractivity contribution in [1.82, 2.24) is 10.2 Å². The van der Waals surface area contributed by atoms with Crippen LogP contribution in [0.2, 0.25) is 0 Å². The van der Waals surface area contributed by atoms with Crippen molar-refractivity contribution >= 4 is 18.0 Å². The van der Waals surface area contributed by atoms with E-state index in [1.807, 2.05) is 0 Å². The average Bonchev–Trinajstić information content (AvgIpc) is 3.24. The second kappa shape index (κ2) is 7.11. The molecule has 28 heavy (non-hydrogen) atoms. The highest BCUT2D eigenvalue weighted by Crippen LogP contribution is 2.25. The lowest BCUT2D eigenvalue weighted by molar-refractivity contribution is -0.123. The van der Waals surface area contributed by atoms with Gasteiger partial charge >= 0.3 is 6.03 Å². The zero-order valence-electron chi connectivity index (χ0n) is 14.5. The van der Waals surface area contributed by atoms with E-state index in [1.165, 1.54) is 42.5 Å². The molecule has 0 bridgehead atoms. The first-order valence-corrected chi connectivity index (χ1v) is 8.44. The largest absolute Gasteiger partial charge is 0.457 e. The van der Waals surface area contributed by atoms with Gasteiger partial charge in [-0.05, 0) is 42.0 Å². The Morgan fingerprint density at radius 2 is 1.75 bits per heavy atom. The van der Waals surface area contributed by atoms with Crippen LogP contribution in [-0.4, -0.2) is 16.8 Å². The van der Waals surface area contributed by atoms with Gasteiger partial charge in [-0.1, -0.05) is 24.3 Å². The van der Waals surface area contributed by atoms with Crippen LogP contribution in [0.3, 0.4) is 0 Å². The molecule has 0 unspecified atom stereocenters. The minimum Gasteiger partial charge on any atom is -0.457 e. The summed E-state index contributed by atoms with van der Waals surface area (Å²) in [5.41, 5.74) is 1.24. The van der Waals surface area contributed by atoms with Gasteiger partial charge in [0.2, 0.25) is 0 Å². The van der Waals surface area contributed by atoms with Crippen LogP contribution in [0.1, 0.15) is 11.3 Å². The summed E-state index contributed by atoms with van der Waals surface area (Å²) in [7, 11) is 0. The van der Waals surface area contributed by atoms with Crippen molar-refractivity contribution in [2.24, 2.45) is 0 Å². The van der Waals surface area contributed by atoms with Crippen LogP contribution < -0.4 is 5.32 Å². The number of nitrogens with one attached hydrogen (secondary N) is 1. The molecule has 0 saturated carbocycles. The summed E-state index contributed by atoms with van der Waals surface area (Å²) in [5.74, 6) is -0.521.